The molecular formula is C16H22N2O. The minimum absolute atomic E-state index is 0.161. The summed E-state index contributed by atoms with van der Waals surface area (Å²) in [6.45, 7) is 1.08. The lowest BCUT2D eigenvalue weighted by Crippen LogP contribution is -2.37. The summed E-state index contributed by atoms with van der Waals surface area (Å²) in [7, 11) is 0. The Balaban J connectivity index is 1.83. The average molecular weight is 258 g/mol. The standard InChI is InChI=1S/C16H22N2O/c17-9-10-18-15(19)16(7-8-16)14-6-5-12-3-1-2-4-13(12)11-14/h5-6,11H,1-4,7-10,17H2,(H,18,19). The third-order valence-electron chi connectivity index (χ3n) is 4.52. The van der Waals surface area contributed by atoms with E-state index in [1.54, 1.807) is 0 Å². The summed E-state index contributed by atoms with van der Waals surface area (Å²) in [6.07, 6.45) is 6.90. The number of nitrogens with two attached hydrogens (primary N) is 1. The molecule has 0 heterocycles. The minimum Gasteiger partial charge on any atom is -0.354 e. The highest BCUT2D eigenvalue weighted by molar-refractivity contribution is 5.91. The second kappa shape index (κ2) is 4.97. The SMILES string of the molecule is NCCNC(=O)C1(c2ccc3c(c2)CCCC3)CC1. The maximum atomic E-state index is 12.3. The van der Waals surface area contributed by atoms with E-state index in [9.17, 15) is 4.79 Å². The van der Waals surface area contributed by atoms with Crippen molar-refractivity contribution in [2.75, 3.05) is 13.1 Å². The van der Waals surface area contributed by atoms with Crippen molar-refractivity contribution < 1.29 is 4.79 Å². The number of hydrogen-bond donors (Lipinski definition) is 2. The van der Waals surface area contributed by atoms with Crippen LogP contribution in [0.3, 0.4) is 0 Å². The minimum atomic E-state index is -0.248. The maximum absolute atomic E-state index is 12.3. The summed E-state index contributed by atoms with van der Waals surface area (Å²) < 4.78 is 0. The van der Waals surface area contributed by atoms with Crippen LogP contribution in [0.25, 0.3) is 0 Å². The third-order valence-corrected chi connectivity index (χ3v) is 4.52. The van der Waals surface area contributed by atoms with E-state index in [1.807, 2.05) is 0 Å². The van der Waals surface area contributed by atoms with E-state index in [4.69, 9.17) is 5.73 Å². The van der Waals surface area contributed by atoms with Crippen LogP contribution >= 0.6 is 0 Å². The largest absolute Gasteiger partial charge is 0.354 e. The molecule has 0 radical (unpaired) electrons. The van der Waals surface area contributed by atoms with E-state index >= 15 is 0 Å². The second-order valence-electron chi connectivity index (χ2n) is 5.82. The Kier molecular flexibility index (Phi) is 3.31. The van der Waals surface area contributed by atoms with Crippen LogP contribution in [0.4, 0.5) is 0 Å². The van der Waals surface area contributed by atoms with Gasteiger partial charge >= 0.3 is 0 Å². The fourth-order valence-corrected chi connectivity index (χ4v) is 3.16. The Morgan fingerprint density at radius 3 is 2.63 bits per heavy atom. The molecule has 3 nitrogen and oxygen atoms in total. The first-order valence-electron chi connectivity index (χ1n) is 7.37. The normalized spacial score (nSPS) is 19.6. The van der Waals surface area contributed by atoms with Crippen LogP contribution < -0.4 is 11.1 Å². The molecule has 1 amide bonds. The zero-order chi connectivity index (χ0) is 13.3. The topological polar surface area (TPSA) is 55.1 Å². The Labute approximate surface area is 114 Å². The van der Waals surface area contributed by atoms with E-state index in [-0.39, 0.29) is 11.3 Å². The van der Waals surface area contributed by atoms with Crippen LogP contribution in [0, 0.1) is 0 Å². The molecule has 1 saturated carbocycles. The first kappa shape index (κ1) is 12.7. The van der Waals surface area contributed by atoms with Crippen LogP contribution in [-0.4, -0.2) is 19.0 Å². The fourth-order valence-electron chi connectivity index (χ4n) is 3.16. The van der Waals surface area contributed by atoms with Gasteiger partial charge in [-0.25, -0.2) is 0 Å². The number of hydrogen-bond acceptors (Lipinski definition) is 2. The molecule has 0 saturated heterocycles. The van der Waals surface area contributed by atoms with Crippen molar-refractivity contribution in [2.24, 2.45) is 5.73 Å². The van der Waals surface area contributed by atoms with Crippen molar-refractivity contribution in [2.45, 2.75) is 43.9 Å². The second-order valence-corrected chi connectivity index (χ2v) is 5.82. The fraction of sp³-hybridized carbons (Fsp3) is 0.562. The van der Waals surface area contributed by atoms with Crippen molar-refractivity contribution in [1.82, 2.24) is 5.32 Å². The molecule has 0 atom stereocenters. The summed E-state index contributed by atoms with van der Waals surface area (Å²) in [5, 5.41) is 2.95. The van der Waals surface area contributed by atoms with Gasteiger partial charge in [-0.05, 0) is 55.2 Å². The molecule has 19 heavy (non-hydrogen) atoms. The van der Waals surface area contributed by atoms with E-state index in [1.165, 1.54) is 42.4 Å². The summed E-state index contributed by atoms with van der Waals surface area (Å²) in [4.78, 5) is 12.3. The highest BCUT2D eigenvalue weighted by Gasteiger charge is 2.51. The maximum Gasteiger partial charge on any atom is 0.230 e. The molecule has 1 aromatic carbocycles. The summed E-state index contributed by atoms with van der Waals surface area (Å²) in [5.41, 5.74) is 9.36. The lowest BCUT2D eigenvalue weighted by Gasteiger charge is -2.20. The monoisotopic (exact) mass is 258 g/mol. The summed E-state index contributed by atoms with van der Waals surface area (Å²) in [5.74, 6) is 0.161. The van der Waals surface area contributed by atoms with Gasteiger partial charge in [-0.3, -0.25) is 4.79 Å². The molecule has 0 aliphatic heterocycles. The molecular weight excluding hydrogens is 236 g/mol. The van der Waals surface area contributed by atoms with Gasteiger partial charge in [0.2, 0.25) is 5.91 Å². The highest BCUT2D eigenvalue weighted by atomic mass is 16.2. The van der Waals surface area contributed by atoms with Crippen molar-refractivity contribution >= 4 is 5.91 Å². The molecule has 3 N–H and O–H groups in total. The van der Waals surface area contributed by atoms with Crippen molar-refractivity contribution in [3.05, 3.63) is 34.9 Å². The predicted molar refractivity (Wildman–Crippen MR) is 76.1 cm³/mol. The molecule has 0 unspecified atom stereocenters. The molecule has 1 fully saturated rings. The van der Waals surface area contributed by atoms with Gasteiger partial charge in [0.25, 0.3) is 0 Å². The Hall–Kier alpha value is -1.35. The molecule has 102 valence electrons. The van der Waals surface area contributed by atoms with Gasteiger partial charge < -0.3 is 11.1 Å². The zero-order valence-electron chi connectivity index (χ0n) is 11.4. The van der Waals surface area contributed by atoms with Crippen LogP contribution in [0.5, 0.6) is 0 Å². The van der Waals surface area contributed by atoms with Crippen LogP contribution in [0.15, 0.2) is 18.2 Å². The molecule has 0 spiro atoms. The van der Waals surface area contributed by atoms with E-state index < -0.39 is 0 Å². The Bertz CT molecular complexity index is 492. The van der Waals surface area contributed by atoms with Gasteiger partial charge in [-0.15, -0.1) is 0 Å². The van der Waals surface area contributed by atoms with Crippen LogP contribution in [-0.2, 0) is 23.1 Å². The van der Waals surface area contributed by atoms with Gasteiger partial charge in [0.05, 0.1) is 5.41 Å². The third kappa shape index (κ3) is 2.27. The first-order chi connectivity index (χ1) is 9.26. The Morgan fingerprint density at radius 2 is 1.95 bits per heavy atom. The van der Waals surface area contributed by atoms with Gasteiger partial charge in [-0.2, -0.15) is 0 Å². The zero-order valence-corrected chi connectivity index (χ0v) is 11.4. The molecule has 1 aromatic rings. The number of benzene rings is 1. The number of nitrogens with one attached hydrogen (secondary N) is 1. The molecule has 2 aliphatic rings. The number of carbonyl (C=O) groups excluding carboxylic acids is 1. The Morgan fingerprint density at radius 1 is 1.21 bits per heavy atom. The number of aryl methyl sites for hydroxylation is 2. The number of carbonyl (C=O) groups is 1. The van der Waals surface area contributed by atoms with Gasteiger partial charge in [-0.1, -0.05) is 18.2 Å². The summed E-state index contributed by atoms with van der Waals surface area (Å²) in [6, 6.07) is 6.68. The smallest absolute Gasteiger partial charge is 0.230 e. The number of amides is 1. The molecule has 0 aromatic heterocycles. The molecule has 3 heteroatoms. The summed E-state index contributed by atoms with van der Waals surface area (Å²) >= 11 is 0. The van der Waals surface area contributed by atoms with Crippen LogP contribution in [0.2, 0.25) is 0 Å². The van der Waals surface area contributed by atoms with E-state index in [2.05, 4.69) is 23.5 Å². The van der Waals surface area contributed by atoms with Crippen molar-refractivity contribution in [3.63, 3.8) is 0 Å². The lowest BCUT2D eigenvalue weighted by atomic mass is 9.86. The molecule has 0 bridgehead atoms. The van der Waals surface area contributed by atoms with Gasteiger partial charge in [0.15, 0.2) is 0 Å². The number of fused-ring (bicyclic) bond motifs is 1. The van der Waals surface area contributed by atoms with Gasteiger partial charge in [0.1, 0.15) is 0 Å². The van der Waals surface area contributed by atoms with Crippen LogP contribution in [0.1, 0.15) is 42.4 Å². The first-order valence-corrected chi connectivity index (χ1v) is 7.37. The average Bonchev–Trinajstić information content (AvgIpc) is 3.26. The predicted octanol–water partition coefficient (Wildman–Crippen LogP) is 1.67. The van der Waals surface area contributed by atoms with Gasteiger partial charge in [0, 0.05) is 13.1 Å². The lowest BCUT2D eigenvalue weighted by molar-refractivity contribution is -0.123. The van der Waals surface area contributed by atoms with Crippen molar-refractivity contribution in [3.8, 4) is 0 Å². The molecule has 3 rings (SSSR count). The van der Waals surface area contributed by atoms with Crippen molar-refractivity contribution in [1.29, 1.82) is 0 Å². The highest BCUT2D eigenvalue weighted by Crippen LogP contribution is 2.49. The van der Waals surface area contributed by atoms with E-state index in [0.29, 0.717) is 13.1 Å². The van der Waals surface area contributed by atoms with E-state index in [0.717, 1.165) is 12.8 Å². The molecule has 2 aliphatic carbocycles. The number of rotatable bonds is 4. The quantitative estimate of drug-likeness (QED) is 0.863.